The maximum absolute atomic E-state index is 4.33. The molecule has 0 aromatic heterocycles. The summed E-state index contributed by atoms with van der Waals surface area (Å²) in [6, 6.07) is 8.64. The first-order valence-corrected chi connectivity index (χ1v) is 4.29. The summed E-state index contributed by atoms with van der Waals surface area (Å²) in [5.74, 6) is 0. The molecule has 0 aliphatic heterocycles. The third kappa shape index (κ3) is 2.50. The van der Waals surface area contributed by atoms with Crippen LogP contribution in [0.5, 0.6) is 0 Å². The summed E-state index contributed by atoms with van der Waals surface area (Å²) in [5, 5.41) is 0. The first-order valence-electron chi connectivity index (χ1n) is 4.29. The molecule has 64 valence electrons. The van der Waals surface area contributed by atoms with Crippen LogP contribution in [-0.4, -0.2) is 12.3 Å². The van der Waals surface area contributed by atoms with Crippen molar-refractivity contribution in [1.29, 1.82) is 0 Å². The first-order chi connectivity index (χ1) is 5.70. The van der Waals surface area contributed by atoms with Gasteiger partial charge < -0.3 is 0 Å². The van der Waals surface area contributed by atoms with E-state index in [0.29, 0.717) is 6.04 Å². The van der Waals surface area contributed by atoms with Crippen molar-refractivity contribution >= 4 is 6.21 Å². The van der Waals surface area contributed by atoms with E-state index in [1.165, 1.54) is 11.1 Å². The van der Waals surface area contributed by atoms with Crippen LogP contribution in [0.25, 0.3) is 0 Å². The molecule has 0 unspecified atom stereocenters. The predicted molar refractivity (Wildman–Crippen MR) is 53.9 cm³/mol. The zero-order valence-corrected chi connectivity index (χ0v) is 7.91. The molecular weight excluding hydrogens is 146 g/mol. The Bertz CT molecular complexity index is 274. The molecule has 1 aromatic rings. The summed E-state index contributed by atoms with van der Waals surface area (Å²) < 4.78 is 0. The standard InChI is InChI=1S/C11H15N/c1-9(2)12-8-11-7-5-4-6-10(11)3/h4-9H,1-3H3/b12-8+. The molecular formula is C11H15N. The van der Waals surface area contributed by atoms with Gasteiger partial charge in [0.2, 0.25) is 0 Å². The van der Waals surface area contributed by atoms with E-state index in [9.17, 15) is 0 Å². The summed E-state index contributed by atoms with van der Waals surface area (Å²) in [6.45, 7) is 6.26. The van der Waals surface area contributed by atoms with Crippen molar-refractivity contribution in [2.75, 3.05) is 0 Å². The van der Waals surface area contributed by atoms with Crippen LogP contribution in [0.3, 0.4) is 0 Å². The second-order valence-electron chi connectivity index (χ2n) is 3.23. The molecule has 1 aromatic carbocycles. The molecule has 0 heterocycles. The molecule has 1 nitrogen and oxygen atoms in total. The Balaban J connectivity index is 2.82. The fourth-order valence-corrected chi connectivity index (χ4v) is 0.961. The second kappa shape index (κ2) is 4.05. The normalized spacial score (nSPS) is 11.3. The van der Waals surface area contributed by atoms with E-state index < -0.39 is 0 Å². The van der Waals surface area contributed by atoms with E-state index >= 15 is 0 Å². The highest BCUT2D eigenvalue weighted by atomic mass is 14.7. The number of benzene rings is 1. The predicted octanol–water partition coefficient (Wildman–Crippen LogP) is 2.82. The van der Waals surface area contributed by atoms with Crippen molar-refractivity contribution < 1.29 is 0 Å². The lowest BCUT2D eigenvalue weighted by molar-refractivity contribution is 0.841. The van der Waals surface area contributed by atoms with E-state index in [-0.39, 0.29) is 0 Å². The van der Waals surface area contributed by atoms with E-state index in [4.69, 9.17) is 0 Å². The van der Waals surface area contributed by atoms with Crippen molar-refractivity contribution in [3.8, 4) is 0 Å². The Hall–Kier alpha value is -1.11. The van der Waals surface area contributed by atoms with Gasteiger partial charge in [0.25, 0.3) is 0 Å². The molecule has 0 saturated carbocycles. The van der Waals surface area contributed by atoms with Crippen LogP contribution in [0.15, 0.2) is 29.3 Å². The Morgan fingerprint density at radius 2 is 1.92 bits per heavy atom. The summed E-state index contributed by atoms with van der Waals surface area (Å²) in [4.78, 5) is 4.33. The van der Waals surface area contributed by atoms with Gasteiger partial charge in [-0.15, -0.1) is 0 Å². The zero-order valence-electron chi connectivity index (χ0n) is 7.91. The molecule has 0 amide bonds. The van der Waals surface area contributed by atoms with Gasteiger partial charge in [0.15, 0.2) is 0 Å². The van der Waals surface area contributed by atoms with Crippen LogP contribution >= 0.6 is 0 Å². The third-order valence-electron chi connectivity index (χ3n) is 1.70. The van der Waals surface area contributed by atoms with Gasteiger partial charge in [0.05, 0.1) is 0 Å². The number of aliphatic imine (C=N–C) groups is 1. The van der Waals surface area contributed by atoms with Crippen molar-refractivity contribution in [2.45, 2.75) is 26.8 Å². The quantitative estimate of drug-likeness (QED) is 0.591. The summed E-state index contributed by atoms with van der Waals surface area (Å²) in [6.07, 6.45) is 1.94. The SMILES string of the molecule is Cc1ccccc1/C=N/C(C)C. The van der Waals surface area contributed by atoms with Crippen molar-refractivity contribution in [3.05, 3.63) is 35.4 Å². The average molecular weight is 161 g/mol. The maximum Gasteiger partial charge on any atom is 0.0443 e. The van der Waals surface area contributed by atoms with E-state index in [1.807, 2.05) is 18.3 Å². The lowest BCUT2D eigenvalue weighted by Gasteiger charge is -1.99. The van der Waals surface area contributed by atoms with Gasteiger partial charge in [0, 0.05) is 12.3 Å². The molecule has 0 atom stereocenters. The Morgan fingerprint density at radius 3 is 2.50 bits per heavy atom. The van der Waals surface area contributed by atoms with Crippen LogP contribution in [-0.2, 0) is 0 Å². The number of aryl methyl sites for hydroxylation is 1. The van der Waals surface area contributed by atoms with E-state index in [0.717, 1.165) is 0 Å². The molecule has 1 heteroatoms. The van der Waals surface area contributed by atoms with Crippen molar-refractivity contribution in [2.24, 2.45) is 4.99 Å². The minimum absolute atomic E-state index is 0.379. The third-order valence-corrected chi connectivity index (χ3v) is 1.70. The molecule has 0 N–H and O–H groups in total. The average Bonchev–Trinajstić information content (AvgIpc) is 2.03. The van der Waals surface area contributed by atoms with Crippen molar-refractivity contribution in [3.63, 3.8) is 0 Å². The van der Waals surface area contributed by atoms with Crippen LogP contribution in [0.2, 0.25) is 0 Å². The molecule has 0 spiro atoms. The lowest BCUT2D eigenvalue weighted by atomic mass is 10.1. The van der Waals surface area contributed by atoms with E-state index in [2.05, 4.69) is 37.9 Å². The highest BCUT2D eigenvalue weighted by molar-refractivity contribution is 5.81. The first kappa shape index (κ1) is 8.98. The van der Waals surface area contributed by atoms with Gasteiger partial charge in [0.1, 0.15) is 0 Å². The lowest BCUT2D eigenvalue weighted by Crippen LogP contribution is -1.92. The number of hydrogen-bond donors (Lipinski definition) is 0. The molecule has 0 aliphatic carbocycles. The molecule has 0 radical (unpaired) electrons. The minimum atomic E-state index is 0.379. The smallest absolute Gasteiger partial charge is 0.0443 e. The van der Waals surface area contributed by atoms with Gasteiger partial charge in [-0.1, -0.05) is 24.3 Å². The van der Waals surface area contributed by atoms with Crippen LogP contribution < -0.4 is 0 Å². The highest BCUT2D eigenvalue weighted by Crippen LogP contribution is 2.03. The number of hydrogen-bond acceptors (Lipinski definition) is 1. The van der Waals surface area contributed by atoms with Gasteiger partial charge in [-0.2, -0.15) is 0 Å². The molecule has 0 saturated heterocycles. The van der Waals surface area contributed by atoms with Gasteiger partial charge >= 0.3 is 0 Å². The molecule has 0 bridgehead atoms. The molecule has 0 fully saturated rings. The number of rotatable bonds is 2. The van der Waals surface area contributed by atoms with Crippen LogP contribution in [0.1, 0.15) is 25.0 Å². The van der Waals surface area contributed by atoms with Crippen LogP contribution in [0, 0.1) is 6.92 Å². The molecule has 0 aliphatic rings. The summed E-state index contributed by atoms with van der Waals surface area (Å²) in [5.41, 5.74) is 2.49. The van der Waals surface area contributed by atoms with Gasteiger partial charge in [-0.3, -0.25) is 4.99 Å². The monoisotopic (exact) mass is 161 g/mol. The van der Waals surface area contributed by atoms with Gasteiger partial charge in [-0.05, 0) is 31.9 Å². The fourth-order valence-electron chi connectivity index (χ4n) is 0.961. The Labute approximate surface area is 74.2 Å². The molecule has 12 heavy (non-hydrogen) atoms. The summed E-state index contributed by atoms with van der Waals surface area (Å²) >= 11 is 0. The highest BCUT2D eigenvalue weighted by Gasteiger charge is 1.91. The fraction of sp³-hybridized carbons (Fsp3) is 0.364. The van der Waals surface area contributed by atoms with E-state index in [1.54, 1.807) is 0 Å². The Kier molecular flexibility index (Phi) is 3.03. The largest absolute Gasteiger partial charge is 0.290 e. The van der Waals surface area contributed by atoms with Gasteiger partial charge in [-0.25, -0.2) is 0 Å². The van der Waals surface area contributed by atoms with Crippen LogP contribution in [0.4, 0.5) is 0 Å². The Morgan fingerprint density at radius 1 is 1.25 bits per heavy atom. The number of nitrogens with zero attached hydrogens (tertiary/aromatic N) is 1. The summed E-state index contributed by atoms with van der Waals surface area (Å²) in [7, 11) is 0. The second-order valence-corrected chi connectivity index (χ2v) is 3.23. The maximum atomic E-state index is 4.33. The van der Waals surface area contributed by atoms with Crippen molar-refractivity contribution in [1.82, 2.24) is 0 Å². The zero-order chi connectivity index (χ0) is 8.97. The topological polar surface area (TPSA) is 12.4 Å². The molecule has 1 rings (SSSR count). The minimum Gasteiger partial charge on any atom is -0.290 e.